The Bertz CT molecular complexity index is 853. The Hall–Kier alpha value is -2.20. The molecule has 0 radical (unpaired) electrons. The Labute approximate surface area is 123 Å². The van der Waals surface area contributed by atoms with Crippen molar-refractivity contribution in [2.75, 3.05) is 0 Å². The van der Waals surface area contributed by atoms with E-state index < -0.39 is 0 Å². The van der Waals surface area contributed by atoms with E-state index in [0.29, 0.717) is 16.5 Å². The van der Waals surface area contributed by atoms with Crippen LogP contribution >= 0.6 is 15.9 Å². The molecule has 98 valence electrons. The molecular weight excluding hydrogens is 318 g/mol. The summed E-state index contributed by atoms with van der Waals surface area (Å²) in [4.78, 5) is 27.7. The topological polar surface area (TPSA) is 49.9 Å². The first-order valence-corrected chi connectivity index (χ1v) is 6.87. The Morgan fingerprint density at radius 2 is 1.80 bits per heavy atom. The van der Waals surface area contributed by atoms with Crippen LogP contribution in [0.3, 0.4) is 0 Å². The lowest BCUT2D eigenvalue weighted by atomic mass is 10.0. The average Bonchev–Trinajstić information content (AvgIpc) is 2.48. The highest BCUT2D eigenvalue weighted by molar-refractivity contribution is 9.10. The predicted molar refractivity (Wildman–Crippen MR) is 82.1 cm³/mol. The number of carbonyl (C=O) groups excluding carboxylic acids is 1. The molecule has 0 bridgehead atoms. The van der Waals surface area contributed by atoms with E-state index in [1.54, 1.807) is 36.4 Å². The number of nitrogens with one attached hydrogen (secondary N) is 1. The first kappa shape index (κ1) is 12.8. The molecule has 4 heteroatoms. The van der Waals surface area contributed by atoms with Gasteiger partial charge in [0, 0.05) is 21.6 Å². The van der Waals surface area contributed by atoms with Gasteiger partial charge in [-0.3, -0.25) is 9.59 Å². The highest BCUT2D eigenvalue weighted by Gasteiger charge is 2.14. The SMILES string of the molecule is O=C(c1ccccc1)c1c[nH]c2cc(Br)ccc2c1=O. The standard InChI is InChI=1S/C16H10BrNO2/c17-11-6-7-12-14(8-11)18-9-13(16(12)20)15(19)10-4-2-1-3-5-10/h1-9H,(H,18,20). The van der Waals surface area contributed by atoms with Crippen molar-refractivity contribution in [3.05, 3.63) is 80.6 Å². The molecule has 2 aromatic carbocycles. The number of rotatable bonds is 2. The lowest BCUT2D eigenvalue weighted by Crippen LogP contribution is -2.16. The van der Waals surface area contributed by atoms with Gasteiger partial charge in [-0.1, -0.05) is 46.3 Å². The molecule has 0 aliphatic carbocycles. The van der Waals surface area contributed by atoms with Crippen molar-refractivity contribution in [1.29, 1.82) is 0 Å². The van der Waals surface area contributed by atoms with E-state index in [2.05, 4.69) is 20.9 Å². The van der Waals surface area contributed by atoms with Crippen molar-refractivity contribution >= 4 is 32.6 Å². The highest BCUT2D eigenvalue weighted by Crippen LogP contribution is 2.16. The fourth-order valence-electron chi connectivity index (χ4n) is 2.11. The maximum absolute atomic E-state index is 12.4. The fourth-order valence-corrected chi connectivity index (χ4v) is 2.47. The number of carbonyl (C=O) groups is 1. The molecule has 1 aromatic heterocycles. The highest BCUT2D eigenvalue weighted by atomic mass is 79.9. The quantitative estimate of drug-likeness (QED) is 0.732. The van der Waals surface area contributed by atoms with Gasteiger partial charge in [0.1, 0.15) is 0 Å². The Kier molecular flexibility index (Phi) is 3.24. The molecule has 0 aliphatic heterocycles. The third-order valence-corrected chi connectivity index (χ3v) is 3.62. The summed E-state index contributed by atoms with van der Waals surface area (Å²) in [6.45, 7) is 0. The summed E-state index contributed by atoms with van der Waals surface area (Å²) in [6.07, 6.45) is 1.48. The maximum Gasteiger partial charge on any atom is 0.200 e. The summed E-state index contributed by atoms with van der Waals surface area (Å²) in [6, 6.07) is 14.1. The number of fused-ring (bicyclic) bond motifs is 1. The van der Waals surface area contributed by atoms with Crippen LogP contribution in [0.15, 0.2) is 64.0 Å². The molecule has 0 saturated carbocycles. The number of benzene rings is 2. The molecule has 0 fully saturated rings. The van der Waals surface area contributed by atoms with Gasteiger partial charge in [0.25, 0.3) is 0 Å². The molecule has 0 aliphatic rings. The van der Waals surface area contributed by atoms with Crippen LogP contribution < -0.4 is 5.43 Å². The number of H-pyrrole nitrogens is 1. The van der Waals surface area contributed by atoms with Gasteiger partial charge in [-0.05, 0) is 18.2 Å². The molecule has 3 rings (SSSR count). The third-order valence-electron chi connectivity index (χ3n) is 3.12. The van der Waals surface area contributed by atoms with Gasteiger partial charge in [-0.25, -0.2) is 0 Å². The molecule has 0 spiro atoms. The Morgan fingerprint density at radius 3 is 2.55 bits per heavy atom. The summed E-state index contributed by atoms with van der Waals surface area (Å²) in [7, 11) is 0. The molecule has 1 N–H and O–H groups in total. The average molecular weight is 328 g/mol. The molecule has 20 heavy (non-hydrogen) atoms. The van der Waals surface area contributed by atoms with Gasteiger partial charge in [-0.2, -0.15) is 0 Å². The van der Waals surface area contributed by atoms with E-state index in [1.807, 2.05) is 12.1 Å². The summed E-state index contributed by atoms with van der Waals surface area (Å²) >= 11 is 3.35. The van der Waals surface area contributed by atoms with Gasteiger partial charge in [0.2, 0.25) is 5.43 Å². The Morgan fingerprint density at radius 1 is 1.05 bits per heavy atom. The van der Waals surface area contributed by atoms with E-state index in [9.17, 15) is 9.59 Å². The second-order valence-electron chi connectivity index (χ2n) is 4.42. The summed E-state index contributed by atoms with van der Waals surface area (Å²) in [5, 5.41) is 0.509. The summed E-state index contributed by atoms with van der Waals surface area (Å²) in [5.41, 5.74) is 1.12. The van der Waals surface area contributed by atoms with Crippen LogP contribution in [0.1, 0.15) is 15.9 Å². The minimum Gasteiger partial charge on any atom is -0.360 e. The van der Waals surface area contributed by atoms with Crippen LogP contribution in [-0.2, 0) is 0 Å². The molecule has 0 amide bonds. The lowest BCUT2D eigenvalue weighted by Gasteiger charge is -2.03. The van der Waals surface area contributed by atoms with Crippen molar-refractivity contribution in [3.8, 4) is 0 Å². The minimum absolute atomic E-state index is 0.158. The first-order valence-electron chi connectivity index (χ1n) is 6.07. The van der Waals surface area contributed by atoms with E-state index in [1.165, 1.54) is 6.20 Å². The van der Waals surface area contributed by atoms with Crippen LogP contribution in [-0.4, -0.2) is 10.8 Å². The Balaban J connectivity index is 2.19. The van der Waals surface area contributed by atoms with Crippen molar-refractivity contribution in [2.24, 2.45) is 0 Å². The minimum atomic E-state index is -0.267. The maximum atomic E-state index is 12.4. The lowest BCUT2D eigenvalue weighted by molar-refractivity contribution is 0.103. The summed E-state index contributed by atoms with van der Waals surface area (Å²) < 4.78 is 0.878. The van der Waals surface area contributed by atoms with Gasteiger partial charge < -0.3 is 4.98 Å². The molecule has 0 unspecified atom stereocenters. The van der Waals surface area contributed by atoms with Gasteiger partial charge in [-0.15, -0.1) is 0 Å². The predicted octanol–water partition coefficient (Wildman–Crippen LogP) is 3.52. The largest absolute Gasteiger partial charge is 0.360 e. The van der Waals surface area contributed by atoms with Gasteiger partial charge in [0.05, 0.1) is 11.1 Å². The normalized spacial score (nSPS) is 10.7. The smallest absolute Gasteiger partial charge is 0.200 e. The van der Waals surface area contributed by atoms with Crippen molar-refractivity contribution < 1.29 is 4.79 Å². The molecule has 1 heterocycles. The first-order chi connectivity index (χ1) is 9.66. The number of aromatic amines is 1. The van der Waals surface area contributed by atoms with E-state index in [4.69, 9.17) is 0 Å². The van der Waals surface area contributed by atoms with Crippen LogP contribution in [0, 0.1) is 0 Å². The number of halogens is 1. The number of hydrogen-bond acceptors (Lipinski definition) is 2. The monoisotopic (exact) mass is 327 g/mol. The zero-order chi connectivity index (χ0) is 14.1. The fraction of sp³-hybridized carbons (Fsp3) is 0. The zero-order valence-electron chi connectivity index (χ0n) is 10.4. The molecular formula is C16H10BrNO2. The molecule has 0 atom stereocenters. The van der Waals surface area contributed by atoms with Crippen LogP contribution in [0.2, 0.25) is 0 Å². The van der Waals surface area contributed by atoms with E-state index in [-0.39, 0.29) is 16.8 Å². The second kappa shape index (κ2) is 5.06. The van der Waals surface area contributed by atoms with Crippen LogP contribution in [0.25, 0.3) is 10.9 Å². The van der Waals surface area contributed by atoms with Crippen LogP contribution in [0.5, 0.6) is 0 Å². The van der Waals surface area contributed by atoms with Gasteiger partial charge in [0.15, 0.2) is 5.78 Å². The number of pyridine rings is 1. The van der Waals surface area contributed by atoms with E-state index >= 15 is 0 Å². The van der Waals surface area contributed by atoms with Crippen molar-refractivity contribution in [2.45, 2.75) is 0 Å². The van der Waals surface area contributed by atoms with Crippen molar-refractivity contribution in [1.82, 2.24) is 4.98 Å². The van der Waals surface area contributed by atoms with Gasteiger partial charge >= 0.3 is 0 Å². The number of ketones is 1. The molecule has 3 nitrogen and oxygen atoms in total. The third kappa shape index (κ3) is 2.18. The van der Waals surface area contributed by atoms with E-state index in [0.717, 1.165) is 4.47 Å². The summed E-state index contributed by atoms with van der Waals surface area (Å²) in [5.74, 6) is -0.267. The molecule has 3 aromatic rings. The second-order valence-corrected chi connectivity index (χ2v) is 5.33. The van der Waals surface area contributed by atoms with Crippen molar-refractivity contribution in [3.63, 3.8) is 0 Å². The zero-order valence-corrected chi connectivity index (χ0v) is 12.0. The molecule has 0 saturated heterocycles. The number of aromatic nitrogens is 1. The number of hydrogen-bond donors (Lipinski definition) is 1. The van der Waals surface area contributed by atoms with Crippen LogP contribution in [0.4, 0.5) is 0 Å².